The summed E-state index contributed by atoms with van der Waals surface area (Å²) in [6.07, 6.45) is 3.12. The summed E-state index contributed by atoms with van der Waals surface area (Å²) in [5.74, 6) is -0.845. The number of halogens is 1. The minimum Gasteiger partial charge on any atom is -0.493 e. The van der Waals surface area contributed by atoms with Crippen LogP contribution in [0.3, 0.4) is 0 Å². The van der Waals surface area contributed by atoms with Gasteiger partial charge in [0.1, 0.15) is 11.4 Å². The van der Waals surface area contributed by atoms with Gasteiger partial charge in [-0.1, -0.05) is 0 Å². The predicted octanol–water partition coefficient (Wildman–Crippen LogP) is 2.96. The van der Waals surface area contributed by atoms with Gasteiger partial charge in [0.15, 0.2) is 11.5 Å². The van der Waals surface area contributed by atoms with Crippen LogP contribution in [0.5, 0.6) is 17.2 Å². The summed E-state index contributed by atoms with van der Waals surface area (Å²) in [6, 6.07) is 6.19. The molecule has 1 saturated carbocycles. The average molecular weight is 555 g/mol. The van der Waals surface area contributed by atoms with Gasteiger partial charge >= 0.3 is 5.97 Å². The fraction of sp³-hybridized carbons (Fsp3) is 0.393. The van der Waals surface area contributed by atoms with Crippen LogP contribution in [0.4, 0.5) is 15.8 Å². The molecule has 1 aliphatic carbocycles. The number of amides is 1. The van der Waals surface area contributed by atoms with E-state index in [2.05, 4.69) is 5.32 Å². The number of piperazine rings is 1. The number of ether oxygens (including phenoxy) is 3. The number of carbonyl (C=O) groups excluding carboxylic acids is 1. The summed E-state index contributed by atoms with van der Waals surface area (Å²) in [6.45, 7) is 2.13. The summed E-state index contributed by atoms with van der Waals surface area (Å²) < 4.78 is 33.0. The number of anilines is 2. The van der Waals surface area contributed by atoms with Crippen molar-refractivity contribution in [2.75, 3.05) is 64.3 Å². The van der Waals surface area contributed by atoms with E-state index in [1.807, 2.05) is 9.80 Å². The maximum Gasteiger partial charge on any atom is 0.341 e. The van der Waals surface area contributed by atoms with Crippen molar-refractivity contribution in [3.63, 3.8) is 0 Å². The number of nitrogens with one attached hydrogen (secondary N) is 1. The first-order valence-corrected chi connectivity index (χ1v) is 12.9. The Morgan fingerprint density at radius 2 is 1.65 bits per heavy atom. The summed E-state index contributed by atoms with van der Waals surface area (Å²) in [5, 5.41) is 12.4. The topological polar surface area (TPSA) is 123 Å². The van der Waals surface area contributed by atoms with Crippen LogP contribution in [-0.2, 0) is 4.79 Å². The molecule has 12 heteroatoms. The van der Waals surface area contributed by atoms with Crippen molar-refractivity contribution < 1.29 is 33.3 Å². The molecule has 2 aromatic carbocycles. The number of benzene rings is 2. The summed E-state index contributed by atoms with van der Waals surface area (Å²) in [4.78, 5) is 41.0. The summed E-state index contributed by atoms with van der Waals surface area (Å²) in [7, 11) is 4.50. The second-order valence-electron chi connectivity index (χ2n) is 9.86. The number of rotatable bonds is 9. The first-order chi connectivity index (χ1) is 19.2. The Balaban J connectivity index is 1.28. The Morgan fingerprint density at radius 3 is 2.20 bits per heavy atom. The average Bonchev–Trinajstić information content (AvgIpc) is 3.78. The normalized spacial score (nSPS) is 15.7. The van der Waals surface area contributed by atoms with E-state index in [1.165, 1.54) is 27.5 Å². The Labute approximate surface area is 229 Å². The zero-order chi connectivity index (χ0) is 28.6. The first kappa shape index (κ1) is 27.3. The summed E-state index contributed by atoms with van der Waals surface area (Å²) in [5.41, 5.74) is 0.342. The molecule has 0 bridgehead atoms. The van der Waals surface area contributed by atoms with Gasteiger partial charge in [-0.3, -0.25) is 14.5 Å². The predicted molar refractivity (Wildman–Crippen MR) is 147 cm³/mol. The zero-order valence-corrected chi connectivity index (χ0v) is 22.5. The number of hydrogen-bond donors (Lipinski definition) is 2. The van der Waals surface area contributed by atoms with Gasteiger partial charge in [0.25, 0.3) is 0 Å². The third kappa shape index (κ3) is 5.26. The van der Waals surface area contributed by atoms with Crippen LogP contribution >= 0.6 is 0 Å². The molecule has 5 rings (SSSR count). The van der Waals surface area contributed by atoms with Crippen LogP contribution in [0, 0.1) is 5.82 Å². The lowest BCUT2D eigenvalue weighted by atomic mass is 10.1. The molecule has 11 nitrogen and oxygen atoms in total. The van der Waals surface area contributed by atoms with Crippen molar-refractivity contribution in [2.24, 2.45) is 0 Å². The van der Waals surface area contributed by atoms with Crippen LogP contribution in [0.1, 0.15) is 29.2 Å². The lowest BCUT2D eigenvalue weighted by Gasteiger charge is -2.36. The van der Waals surface area contributed by atoms with E-state index in [1.54, 1.807) is 22.8 Å². The van der Waals surface area contributed by atoms with E-state index in [0.717, 1.165) is 18.9 Å². The van der Waals surface area contributed by atoms with Gasteiger partial charge in [0.05, 0.1) is 39.1 Å². The first-order valence-electron chi connectivity index (χ1n) is 12.9. The largest absolute Gasteiger partial charge is 0.493 e. The second-order valence-corrected chi connectivity index (χ2v) is 9.86. The molecule has 1 saturated heterocycles. The quantitative estimate of drug-likeness (QED) is 0.411. The molecule has 1 amide bonds. The molecule has 212 valence electrons. The molecule has 2 fully saturated rings. The van der Waals surface area contributed by atoms with Crippen molar-refractivity contribution in [1.82, 2.24) is 9.47 Å². The Kier molecular flexibility index (Phi) is 7.53. The van der Waals surface area contributed by atoms with E-state index in [-0.39, 0.29) is 29.4 Å². The van der Waals surface area contributed by atoms with Crippen LogP contribution in [0.2, 0.25) is 0 Å². The number of fused-ring (bicyclic) bond motifs is 1. The number of carboxylic acids is 1. The molecular formula is C28H31FN4O7. The SMILES string of the molecule is COc1cc(NC(=O)CN2CCN(c3cc4c(cc3F)c(=O)c(C(=O)O)cn4C3CC3)CC2)cc(OC)c1OC. The Bertz CT molecular complexity index is 1500. The number of aromatic carboxylic acids is 1. The molecule has 2 aliphatic rings. The fourth-order valence-corrected chi connectivity index (χ4v) is 5.11. The van der Waals surface area contributed by atoms with Crippen molar-refractivity contribution >= 4 is 34.2 Å². The maximum absolute atomic E-state index is 15.2. The minimum absolute atomic E-state index is 0.0650. The van der Waals surface area contributed by atoms with Gasteiger partial charge in [0.2, 0.25) is 17.1 Å². The fourth-order valence-electron chi connectivity index (χ4n) is 5.11. The van der Waals surface area contributed by atoms with E-state index in [4.69, 9.17) is 14.2 Å². The summed E-state index contributed by atoms with van der Waals surface area (Å²) >= 11 is 0. The molecule has 0 atom stereocenters. The minimum atomic E-state index is -1.32. The Hall–Kier alpha value is -4.32. The number of carboxylic acid groups (broad SMARTS) is 1. The highest BCUT2D eigenvalue weighted by molar-refractivity contribution is 5.94. The molecular weight excluding hydrogens is 523 g/mol. The zero-order valence-electron chi connectivity index (χ0n) is 22.5. The molecule has 1 aromatic heterocycles. The van der Waals surface area contributed by atoms with Crippen molar-refractivity contribution in [3.05, 3.63) is 52.1 Å². The standard InChI is InChI=1S/C28H31FN4O7/c1-38-23-10-16(11-24(39-2)27(23)40-3)30-25(34)15-31-6-8-32(9-7-31)22-13-21-18(12-20(22)29)26(35)19(28(36)37)14-33(21)17-4-5-17/h10-14,17H,4-9,15H2,1-3H3,(H,30,34)(H,36,37). The van der Waals surface area contributed by atoms with Gasteiger partial charge in [-0.2, -0.15) is 0 Å². The second kappa shape index (κ2) is 11.0. The molecule has 0 spiro atoms. The molecule has 3 aromatic rings. The van der Waals surface area contributed by atoms with Gasteiger partial charge in [-0.15, -0.1) is 0 Å². The maximum atomic E-state index is 15.2. The van der Waals surface area contributed by atoms with Crippen LogP contribution in [-0.4, -0.2) is 80.5 Å². The van der Waals surface area contributed by atoms with Gasteiger partial charge in [-0.25, -0.2) is 9.18 Å². The van der Waals surface area contributed by atoms with Gasteiger partial charge < -0.3 is 34.1 Å². The smallest absolute Gasteiger partial charge is 0.341 e. The van der Waals surface area contributed by atoms with Crippen molar-refractivity contribution in [1.29, 1.82) is 0 Å². The molecule has 40 heavy (non-hydrogen) atoms. The number of carbonyl (C=O) groups is 2. The van der Waals surface area contributed by atoms with E-state index < -0.39 is 17.2 Å². The number of nitrogens with zero attached hydrogens (tertiary/aromatic N) is 3. The molecule has 2 heterocycles. The highest BCUT2D eigenvalue weighted by atomic mass is 19.1. The lowest BCUT2D eigenvalue weighted by molar-refractivity contribution is -0.117. The molecule has 0 unspecified atom stereocenters. The highest BCUT2D eigenvalue weighted by Crippen LogP contribution is 2.40. The number of pyridine rings is 1. The van der Waals surface area contributed by atoms with Gasteiger partial charge in [0, 0.05) is 61.6 Å². The van der Waals surface area contributed by atoms with Crippen LogP contribution in [0.25, 0.3) is 10.9 Å². The van der Waals surface area contributed by atoms with E-state index in [9.17, 15) is 19.5 Å². The third-order valence-electron chi connectivity index (χ3n) is 7.30. The Morgan fingerprint density at radius 1 is 1.00 bits per heavy atom. The van der Waals surface area contributed by atoms with Crippen molar-refractivity contribution in [3.8, 4) is 17.2 Å². The molecule has 2 N–H and O–H groups in total. The third-order valence-corrected chi connectivity index (χ3v) is 7.30. The highest BCUT2D eigenvalue weighted by Gasteiger charge is 2.29. The van der Waals surface area contributed by atoms with Crippen LogP contribution < -0.4 is 29.9 Å². The van der Waals surface area contributed by atoms with Gasteiger partial charge in [-0.05, 0) is 25.0 Å². The molecule has 1 aliphatic heterocycles. The number of aromatic nitrogens is 1. The lowest BCUT2D eigenvalue weighted by Crippen LogP contribution is -2.49. The van der Waals surface area contributed by atoms with Crippen molar-refractivity contribution in [2.45, 2.75) is 18.9 Å². The monoisotopic (exact) mass is 554 g/mol. The molecule has 0 radical (unpaired) electrons. The van der Waals surface area contributed by atoms with E-state index >= 15 is 4.39 Å². The number of methoxy groups -OCH3 is 3. The van der Waals surface area contributed by atoms with Crippen LogP contribution in [0.15, 0.2) is 35.3 Å². The number of hydrogen-bond acceptors (Lipinski definition) is 8. The van der Waals surface area contributed by atoms with E-state index in [0.29, 0.717) is 60.3 Å².